The van der Waals surface area contributed by atoms with Gasteiger partial charge in [-0.3, -0.25) is 9.59 Å². The van der Waals surface area contributed by atoms with E-state index in [1.54, 1.807) is 17.0 Å². The van der Waals surface area contributed by atoms with Crippen LogP contribution < -0.4 is 5.32 Å². The molecular weight excluding hydrogens is 443 g/mol. The second-order valence-corrected chi connectivity index (χ2v) is 12.0. The number of fused-ring (bicyclic) bond motifs is 1. The summed E-state index contributed by atoms with van der Waals surface area (Å²) in [5.74, 6) is 1.33. The third-order valence-corrected chi connectivity index (χ3v) is 10.1. The molecule has 0 radical (unpaired) electrons. The summed E-state index contributed by atoms with van der Waals surface area (Å²) in [6, 6.07) is 5.39. The van der Waals surface area contributed by atoms with E-state index >= 15 is 0 Å². The van der Waals surface area contributed by atoms with Crippen LogP contribution in [0, 0.1) is 23.6 Å². The van der Waals surface area contributed by atoms with Crippen LogP contribution in [-0.2, 0) is 24.0 Å². The molecule has 4 bridgehead atoms. The lowest BCUT2D eigenvalue weighted by Crippen LogP contribution is -2.60. The lowest BCUT2D eigenvalue weighted by molar-refractivity contribution is -0.157. The molecule has 2 heterocycles. The minimum atomic E-state index is -0.734. The molecule has 0 unspecified atom stereocenters. The Hall–Kier alpha value is -2.09. The molecule has 176 valence electrons. The number of amides is 2. The van der Waals surface area contributed by atoms with Gasteiger partial charge in [0.1, 0.15) is 16.7 Å². The van der Waals surface area contributed by atoms with E-state index in [4.69, 9.17) is 4.74 Å². The number of benzene rings is 1. The molecule has 0 aromatic heterocycles. The van der Waals surface area contributed by atoms with Gasteiger partial charge in [0, 0.05) is 17.7 Å². The molecule has 2 saturated heterocycles. The third-order valence-electron chi connectivity index (χ3n) is 8.48. The number of hydrogen-bond acceptors (Lipinski definition) is 5. The first kappa shape index (κ1) is 21.4. The molecule has 2 aliphatic heterocycles. The van der Waals surface area contributed by atoms with Crippen molar-refractivity contribution in [2.75, 3.05) is 12.4 Å². The highest BCUT2D eigenvalue weighted by Gasteiger charge is 2.57. The fourth-order valence-corrected chi connectivity index (χ4v) is 9.29. The van der Waals surface area contributed by atoms with Crippen LogP contribution in [0.25, 0.3) is 0 Å². The highest BCUT2D eigenvalue weighted by Crippen LogP contribution is 2.56. The standard InChI is InChI=1S/C25H29FN2O4S/c26-19-3-1-18(2-4-19)25-6-5-22(30)28(25)20(14-33-25)23(31)32-13-21(29)27-24-10-15-7-16(11-24)9-17(8-15)12-24/h1-4,15-17,20H,5-14H2,(H,27,29)/t15?,16?,17?,20-,24?,25+/m0/s1. The van der Waals surface area contributed by atoms with Crippen LogP contribution in [0.15, 0.2) is 24.3 Å². The lowest BCUT2D eigenvalue weighted by atomic mass is 9.53. The van der Waals surface area contributed by atoms with Gasteiger partial charge < -0.3 is 15.0 Å². The molecule has 6 fully saturated rings. The van der Waals surface area contributed by atoms with Crippen molar-refractivity contribution in [2.45, 2.75) is 67.8 Å². The average Bonchev–Trinajstić information content (AvgIpc) is 3.30. The van der Waals surface area contributed by atoms with Crippen molar-refractivity contribution in [1.82, 2.24) is 10.2 Å². The van der Waals surface area contributed by atoms with Crippen LogP contribution in [-0.4, -0.2) is 46.6 Å². The molecule has 7 rings (SSSR count). The molecule has 33 heavy (non-hydrogen) atoms. The number of hydrogen-bond donors (Lipinski definition) is 1. The predicted molar refractivity (Wildman–Crippen MR) is 120 cm³/mol. The van der Waals surface area contributed by atoms with Crippen LogP contribution in [0.2, 0.25) is 0 Å². The summed E-state index contributed by atoms with van der Waals surface area (Å²) in [6.45, 7) is -0.312. The van der Waals surface area contributed by atoms with Gasteiger partial charge in [-0.05, 0) is 80.4 Å². The summed E-state index contributed by atoms with van der Waals surface area (Å²) >= 11 is 1.52. The first-order chi connectivity index (χ1) is 15.9. The molecule has 6 aliphatic rings. The van der Waals surface area contributed by atoms with E-state index in [1.165, 1.54) is 43.2 Å². The number of halogens is 1. The zero-order chi connectivity index (χ0) is 22.8. The van der Waals surface area contributed by atoms with E-state index in [1.807, 2.05) is 0 Å². The molecule has 2 atom stereocenters. The molecular formula is C25H29FN2O4S. The molecule has 1 aromatic rings. The number of carbonyl (C=O) groups excluding carboxylic acids is 3. The topological polar surface area (TPSA) is 75.7 Å². The second-order valence-electron chi connectivity index (χ2n) is 10.7. The number of nitrogens with zero attached hydrogens (tertiary/aromatic N) is 1. The summed E-state index contributed by atoms with van der Waals surface area (Å²) in [5, 5.41) is 3.23. The maximum Gasteiger partial charge on any atom is 0.330 e. The largest absolute Gasteiger partial charge is 0.454 e. The number of esters is 1. The molecule has 4 saturated carbocycles. The third kappa shape index (κ3) is 3.56. The highest BCUT2D eigenvalue weighted by atomic mass is 32.2. The van der Waals surface area contributed by atoms with Crippen LogP contribution in [0.5, 0.6) is 0 Å². The molecule has 1 N–H and O–H groups in total. The van der Waals surface area contributed by atoms with Gasteiger partial charge in [0.05, 0.1) is 0 Å². The normalized spacial score (nSPS) is 38.5. The van der Waals surface area contributed by atoms with Crippen molar-refractivity contribution in [3.63, 3.8) is 0 Å². The van der Waals surface area contributed by atoms with Crippen LogP contribution >= 0.6 is 11.8 Å². The van der Waals surface area contributed by atoms with Gasteiger partial charge >= 0.3 is 5.97 Å². The average molecular weight is 473 g/mol. The van der Waals surface area contributed by atoms with E-state index in [2.05, 4.69) is 5.32 Å². The fourth-order valence-electron chi connectivity index (χ4n) is 7.66. The Labute approximate surface area is 197 Å². The number of thioether (sulfide) groups is 1. The van der Waals surface area contributed by atoms with Crippen LogP contribution in [0.1, 0.15) is 56.9 Å². The van der Waals surface area contributed by atoms with Gasteiger partial charge in [-0.25, -0.2) is 9.18 Å². The number of carbonyl (C=O) groups is 3. The van der Waals surface area contributed by atoms with Gasteiger partial charge in [0.15, 0.2) is 6.61 Å². The minimum Gasteiger partial charge on any atom is -0.454 e. The smallest absolute Gasteiger partial charge is 0.330 e. The number of rotatable bonds is 5. The second kappa shape index (κ2) is 7.72. The van der Waals surface area contributed by atoms with E-state index in [0.717, 1.165) is 42.6 Å². The van der Waals surface area contributed by atoms with E-state index in [9.17, 15) is 18.8 Å². The summed E-state index contributed by atoms with van der Waals surface area (Å²) < 4.78 is 18.9. The Kier molecular flexibility index (Phi) is 5.02. The summed E-state index contributed by atoms with van der Waals surface area (Å²) in [4.78, 5) is 39.4. The van der Waals surface area contributed by atoms with E-state index in [0.29, 0.717) is 18.6 Å². The van der Waals surface area contributed by atoms with Crippen LogP contribution in [0.3, 0.4) is 0 Å². The molecule has 6 nitrogen and oxygen atoms in total. The van der Waals surface area contributed by atoms with Crippen molar-refractivity contribution >= 4 is 29.5 Å². The molecule has 2 amide bonds. The number of ether oxygens (including phenoxy) is 1. The molecule has 0 spiro atoms. The number of nitrogens with one attached hydrogen (secondary N) is 1. The molecule has 4 aliphatic carbocycles. The Bertz CT molecular complexity index is 963. The summed E-state index contributed by atoms with van der Waals surface area (Å²) in [5.41, 5.74) is 0.694. The van der Waals surface area contributed by atoms with Gasteiger partial charge in [-0.15, -0.1) is 11.8 Å². The van der Waals surface area contributed by atoms with Crippen molar-refractivity contribution < 1.29 is 23.5 Å². The van der Waals surface area contributed by atoms with Crippen molar-refractivity contribution in [2.24, 2.45) is 17.8 Å². The van der Waals surface area contributed by atoms with Crippen molar-refractivity contribution in [3.05, 3.63) is 35.6 Å². The Morgan fingerprint density at radius 1 is 1.09 bits per heavy atom. The fraction of sp³-hybridized carbons (Fsp3) is 0.640. The lowest BCUT2D eigenvalue weighted by Gasteiger charge is -2.56. The quantitative estimate of drug-likeness (QED) is 0.666. The minimum absolute atomic E-state index is 0.107. The first-order valence-electron chi connectivity index (χ1n) is 12.1. The predicted octanol–water partition coefficient (Wildman–Crippen LogP) is 3.34. The highest BCUT2D eigenvalue weighted by molar-refractivity contribution is 8.00. The summed E-state index contributed by atoms with van der Waals surface area (Å²) in [7, 11) is 0. The van der Waals surface area contributed by atoms with Gasteiger partial charge in [-0.2, -0.15) is 0 Å². The zero-order valence-corrected chi connectivity index (χ0v) is 19.4. The molecule has 8 heteroatoms. The Balaban J connectivity index is 1.10. The Morgan fingerprint density at radius 3 is 2.36 bits per heavy atom. The van der Waals surface area contributed by atoms with E-state index in [-0.39, 0.29) is 29.8 Å². The molecule has 1 aromatic carbocycles. The van der Waals surface area contributed by atoms with Crippen LogP contribution in [0.4, 0.5) is 4.39 Å². The monoisotopic (exact) mass is 472 g/mol. The van der Waals surface area contributed by atoms with Crippen molar-refractivity contribution in [3.8, 4) is 0 Å². The van der Waals surface area contributed by atoms with Gasteiger partial charge in [0.25, 0.3) is 5.91 Å². The first-order valence-corrected chi connectivity index (χ1v) is 13.0. The maximum atomic E-state index is 13.4. The van der Waals surface area contributed by atoms with E-state index < -0.39 is 16.9 Å². The maximum absolute atomic E-state index is 13.4. The SMILES string of the molecule is O=C(COC(=O)[C@@H]1CS[C@@]2(c3ccc(F)cc3)CCC(=O)N12)NC12CC3CC(CC(C3)C1)C2. The Morgan fingerprint density at radius 2 is 1.73 bits per heavy atom. The van der Waals surface area contributed by atoms with Gasteiger partial charge in [-0.1, -0.05) is 12.1 Å². The zero-order valence-electron chi connectivity index (χ0n) is 18.6. The summed E-state index contributed by atoms with van der Waals surface area (Å²) in [6.07, 6.45) is 7.91. The van der Waals surface area contributed by atoms with Crippen molar-refractivity contribution in [1.29, 1.82) is 0 Å². The van der Waals surface area contributed by atoms with Gasteiger partial charge in [0.2, 0.25) is 5.91 Å².